The van der Waals surface area contributed by atoms with E-state index in [1.165, 1.54) is 32.4 Å². The summed E-state index contributed by atoms with van der Waals surface area (Å²) in [6.07, 6.45) is 5.02. The zero-order chi connectivity index (χ0) is 13.5. The summed E-state index contributed by atoms with van der Waals surface area (Å²) >= 11 is 0. The fourth-order valence-electron chi connectivity index (χ4n) is 2.52. The second-order valence-corrected chi connectivity index (χ2v) is 5.15. The second-order valence-electron chi connectivity index (χ2n) is 5.15. The van der Waals surface area contributed by atoms with Gasteiger partial charge >= 0.3 is 0 Å². The number of hydrogen-bond donors (Lipinski definition) is 1. The van der Waals surface area contributed by atoms with Crippen LogP contribution in [0.25, 0.3) is 0 Å². The summed E-state index contributed by atoms with van der Waals surface area (Å²) in [6, 6.07) is 4.31. The second kappa shape index (κ2) is 7.56. The number of likely N-dealkylation sites (tertiary alicyclic amines) is 1. The lowest BCUT2D eigenvalue weighted by atomic mass is 10.1. The molecule has 1 saturated heterocycles. The number of nitrogens with one attached hydrogen (secondary N) is 1. The molecule has 0 unspecified atom stereocenters. The summed E-state index contributed by atoms with van der Waals surface area (Å²) < 4.78 is 26.4. The highest BCUT2D eigenvalue weighted by Crippen LogP contribution is 2.11. The molecule has 4 heteroatoms. The molecule has 19 heavy (non-hydrogen) atoms. The van der Waals surface area contributed by atoms with Crippen molar-refractivity contribution in [3.8, 4) is 0 Å². The fraction of sp³-hybridized carbons (Fsp3) is 0.600. The van der Waals surface area contributed by atoms with Crippen molar-refractivity contribution < 1.29 is 8.78 Å². The number of benzene rings is 1. The lowest BCUT2D eigenvalue weighted by Gasteiger charge is -2.26. The summed E-state index contributed by atoms with van der Waals surface area (Å²) in [7, 11) is 0. The lowest BCUT2D eigenvalue weighted by Crippen LogP contribution is -2.32. The van der Waals surface area contributed by atoms with Crippen LogP contribution in [0.3, 0.4) is 0 Å². The SMILES string of the molecule is Fc1cccc(CNCCCN2CCCCC2)c1F. The molecule has 2 rings (SSSR count). The quantitative estimate of drug-likeness (QED) is 0.798. The van der Waals surface area contributed by atoms with Gasteiger partial charge in [0.2, 0.25) is 0 Å². The molecular formula is C15H22F2N2. The van der Waals surface area contributed by atoms with Gasteiger partial charge in [-0.2, -0.15) is 0 Å². The molecule has 1 aromatic carbocycles. The van der Waals surface area contributed by atoms with Crippen molar-refractivity contribution in [3.05, 3.63) is 35.4 Å². The molecular weight excluding hydrogens is 246 g/mol. The molecule has 1 N–H and O–H groups in total. The summed E-state index contributed by atoms with van der Waals surface area (Å²) in [6.45, 7) is 4.74. The Hall–Kier alpha value is -1.00. The van der Waals surface area contributed by atoms with E-state index in [-0.39, 0.29) is 0 Å². The minimum Gasteiger partial charge on any atom is -0.313 e. The summed E-state index contributed by atoms with van der Waals surface area (Å²) in [4.78, 5) is 2.48. The Morgan fingerprint density at radius 3 is 2.68 bits per heavy atom. The molecule has 1 aliphatic rings. The highest BCUT2D eigenvalue weighted by atomic mass is 19.2. The monoisotopic (exact) mass is 268 g/mol. The van der Waals surface area contributed by atoms with Gasteiger partial charge in [0.05, 0.1) is 0 Å². The first-order valence-electron chi connectivity index (χ1n) is 7.13. The number of nitrogens with zero attached hydrogens (tertiary/aromatic N) is 1. The van der Waals surface area contributed by atoms with E-state index < -0.39 is 11.6 Å². The molecule has 2 nitrogen and oxygen atoms in total. The Morgan fingerprint density at radius 2 is 1.89 bits per heavy atom. The van der Waals surface area contributed by atoms with Gasteiger partial charge in [-0.1, -0.05) is 18.6 Å². The Labute approximate surface area is 113 Å². The molecule has 106 valence electrons. The van der Waals surface area contributed by atoms with Crippen LogP contribution < -0.4 is 5.32 Å². The molecule has 0 spiro atoms. The molecule has 0 aromatic heterocycles. The van der Waals surface area contributed by atoms with Gasteiger partial charge in [-0.3, -0.25) is 0 Å². The van der Waals surface area contributed by atoms with E-state index in [1.807, 2.05) is 0 Å². The van der Waals surface area contributed by atoms with Crippen molar-refractivity contribution in [2.45, 2.75) is 32.2 Å². The Morgan fingerprint density at radius 1 is 1.11 bits per heavy atom. The third kappa shape index (κ3) is 4.55. The van der Waals surface area contributed by atoms with Gasteiger partial charge < -0.3 is 10.2 Å². The number of piperidine rings is 1. The maximum atomic E-state index is 13.4. The standard InChI is InChI=1S/C15H22F2N2/c16-14-7-4-6-13(15(14)17)12-18-8-5-11-19-9-2-1-3-10-19/h4,6-7,18H,1-3,5,8-12H2. The van der Waals surface area contributed by atoms with Crippen LogP contribution in [-0.4, -0.2) is 31.1 Å². The lowest BCUT2D eigenvalue weighted by molar-refractivity contribution is 0.225. The topological polar surface area (TPSA) is 15.3 Å². The van der Waals surface area contributed by atoms with Crippen LogP contribution in [0.5, 0.6) is 0 Å². The molecule has 1 fully saturated rings. The van der Waals surface area contributed by atoms with Crippen molar-refractivity contribution in [1.29, 1.82) is 0 Å². The molecule has 1 heterocycles. The van der Waals surface area contributed by atoms with Gasteiger partial charge in [0.25, 0.3) is 0 Å². The van der Waals surface area contributed by atoms with Crippen molar-refractivity contribution in [2.75, 3.05) is 26.2 Å². The van der Waals surface area contributed by atoms with Gasteiger partial charge in [0.15, 0.2) is 11.6 Å². The predicted octanol–water partition coefficient (Wildman–Crippen LogP) is 2.93. The van der Waals surface area contributed by atoms with Crippen LogP contribution in [0.4, 0.5) is 8.78 Å². The third-order valence-electron chi connectivity index (χ3n) is 3.62. The highest BCUT2D eigenvalue weighted by Gasteiger charge is 2.09. The van der Waals surface area contributed by atoms with E-state index in [2.05, 4.69) is 10.2 Å². The average Bonchev–Trinajstić information content (AvgIpc) is 2.44. The molecule has 0 aliphatic carbocycles. The summed E-state index contributed by atoms with van der Waals surface area (Å²) in [5.41, 5.74) is 0.401. The Bertz CT molecular complexity index is 390. The predicted molar refractivity (Wildman–Crippen MR) is 73.0 cm³/mol. The first-order chi connectivity index (χ1) is 9.27. The molecule has 1 aliphatic heterocycles. The third-order valence-corrected chi connectivity index (χ3v) is 3.62. The Kier molecular flexibility index (Phi) is 5.73. The van der Waals surface area contributed by atoms with Crippen LogP contribution >= 0.6 is 0 Å². The maximum Gasteiger partial charge on any atom is 0.163 e. The van der Waals surface area contributed by atoms with Gasteiger partial charge in [-0.05, 0) is 51.5 Å². The van der Waals surface area contributed by atoms with E-state index in [4.69, 9.17) is 0 Å². The van der Waals surface area contributed by atoms with Gasteiger partial charge in [0.1, 0.15) is 0 Å². The molecule has 1 aromatic rings. The van der Waals surface area contributed by atoms with E-state index >= 15 is 0 Å². The largest absolute Gasteiger partial charge is 0.313 e. The zero-order valence-corrected chi connectivity index (χ0v) is 11.3. The van der Waals surface area contributed by atoms with Crippen LogP contribution in [-0.2, 0) is 6.54 Å². The molecule has 0 radical (unpaired) electrons. The summed E-state index contributed by atoms with van der Waals surface area (Å²) in [5.74, 6) is -1.50. The minimum absolute atomic E-state index is 0.392. The van der Waals surface area contributed by atoms with Crippen LogP contribution in [0, 0.1) is 11.6 Å². The van der Waals surface area contributed by atoms with Crippen molar-refractivity contribution in [1.82, 2.24) is 10.2 Å². The van der Waals surface area contributed by atoms with Crippen molar-refractivity contribution in [3.63, 3.8) is 0 Å². The zero-order valence-electron chi connectivity index (χ0n) is 11.3. The Balaban J connectivity index is 1.62. The summed E-state index contributed by atoms with van der Waals surface area (Å²) in [5, 5.41) is 3.18. The first-order valence-corrected chi connectivity index (χ1v) is 7.13. The molecule has 0 amide bonds. The van der Waals surface area contributed by atoms with Crippen molar-refractivity contribution >= 4 is 0 Å². The minimum atomic E-state index is -0.771. The molecule has 0 atom stereocenters. The van der Waals surface area contributed by atoms with Crippen LogP contribution in [0.2, 0.25) is 0 Å². The molecule has 0 saturated carbocycles. The van der Waals surface area contributed by atoms with E-state index in [9.17, 15) is 8.78 Å². The van der Waals surface area contributed by atoms with Gasteiger partial charge in [-0.15, -0.1) is 0 Å². The van der Waals surface area contributed by atoms with Crippen LogP contribution in [0.1, 0.15) is 31.2 Å². The average molecular weight is 268 g/mol. The highest BCUT2D eigenvalue weighted by molar-refractivity contribution is 5.18. The van der Waals surface area contributed by atoms with Gasteiger partial charge in [0, 0.05) is 12.1 Å². The number of hydrogen-bond acceptors (Lipinski definition) is 2. The van der Waals surface area contributed by atoms with E-state index in [1.54, 1.807) is 12.1 Å². The van der Waals surface area contributed by atoms with Gasteiger partial charge in [-0.25, -0.2) is 8.78 Å². The smallest absolute Gasteiger partial charge is 0.163 e. The number of halogens is 2. The normalized spacial score (nSPS) is 16.7. The maximum absolute atomic E-state index is 13.4. The first kappa shape index (κ1) is 14.4. The van der Waals surface area contributed by atoms with Crippen LogP contribution in [0.15, 0.2) is 18.2 Å². The number of rotatable bonds is 6. The van der Waals surface area contributed by atoms with Crippen molar-refractivity contribution in [2.24, 2.45) is 0 Å². The van der Waals surface area contributed by atoms with E-state index in [0.717, 1.165) is 25.6 Å². The fourth-order valence-corrected chi connectivity index (χ4v) is 2.52. The van der Waals surface area contributed by atoms with E-state index in [0.29, 0.717) is 12.1 Å². The molecule has 0 bridgehead atoms.